The number of thiophene rings is 1. The molecule has 2 aromatic heterocycles. The normalized spacial score (nSPS) is 17.2. The molecule has 0 saturated carbocycles. The SMILES string of the molecule is O=C(c1cc(-c2cccs2)[nH]n1)N1CCCC1Cc1ccccc1Cl. The first-order valence-corrected chi connectivity index (χ1v) is 9.62. The van der Waals surface area contributed by atoms with Crippen molar-refractivity contribution in [1.82, 2.24) is 15.1 Å². The highest BCUT2D eigenvalue weighted by Crippen LogP contribution is 2.27. The second-order valence-electron chi connectivity index (χ2n) is 6.23. The predicted octanol–water partition coefficient (Wildman–Crippen LogP) is 4.64. The minimum atomic E-state index is -0.00592. The number of amides is 1. The van der Waals surface area contributed by atoms with Crippen LogP contribution in [0.5, 0.6) is 0 Å². The Hall–Kier alpha value is -2.11. The molecule has 128 valence electrons. The van der Waals surface area contributed by atoms with Crippen molar-refractivity contribution in [3.63, 3.8) is 0 Å². The molecule has 3 heterocycles. The highest BCUT2D eigenvalue weighted by atomic mass is 35.5. The number of aromatic nitrogens is 2. The van der Waals surface area contributed by atoms with E-state index >= 15 is 0 Å². The molecule has 1 atom stereocenters. The molecular formula is C19H18ClN3OS. The maximum Gasteiger partial charge on any atom is 0.274 e. The summed E-state index contributed by atoms with van der Waals surface area (Å²) in [6.45, 7) is 0.773. The topological polar surface area (TPSA) is 49.0 Å². The average Bonchev–Trinajstić information content (AvgIpc) is 3.37. The van der Waals surface area contributed by atoms with E-state index in [9.17, 15) is 4.79 Å². The molecule has 0 bridgehead atoms. The number of benzene rings is 1. The molecule has 0 radical (unpaired) electrons. The van der Waals surface area contributed by atoms with Crippen molar-refractivity contribution in [3.05, 3.63) is 64.1 Å². The van der Waals surface area contributed by atoms with Gasteiger partial charge in [-0.15, -0.1) is 11.3 Å². The first-order valence-electron chi connectivity index (χ1n) is 8.36. The van der Waals surface area contributed by atoms with Gasteiger partial charge in [-0.2, -0.15) is 5.10 Å². The Morgan fingerprint density at radius 3 is 3.00 bits per heavy atom. The van der Waals surface area contributed by atoms with Gasteiger partial charge in [0.05, 0.1) is 10.6 Å². The van der Waals surface area contributed by atoms with Gasteiger partial charge in [-0.3, -0.25) is 9.89 Å². The van der Waals surface area contributed by atoms with Gasteiger partial charge in [0.1, 0.15) is 0 Å². The molecule has 1 amide bonds. The van der Waals surface area contributed by atoms with E-state index in [0.29, 0.717) is 5.69 Å². The van der Waals surface area contributed by atoms with Gasteiger partial charge >= 0.3 is 0 Å². The highest BCUT2D eigenvalue weighted by Gasteiger charge is 2.31. The monoisotopic (exact) mass is 371 g/mol. The number of hydrogen-bond acceptors (Lipinski definition) is 3. The number of halogens is 1. The standard InChI is InChI=1S/C19H18ClN3OS/c20-15-7-2-1-5-13(15)11-14-6-3-9-23(14)19(24)17-12-16(21-22-17)18-8-4-10-25-18/h1-2,4-5,7-8,10,12,14H,3,6,9,11H2,(H,21,22). The van der Waals surface area contributed by atoms with Gasteiger partial charge in [-0.25, -0.2) is 0 Å². The molecule has 1 aliphatic heterocycles. The van der Waals surface area contributed by atoms with Gasteiger partial charge in [-0.05, 0) is 48.4 Å². The van der Waals surface area contributed by atoms with Crippen molar-refractivity contribution in [2.75, 3.05) is 6.54 Å². The zero-order chi connectivity index (χ0) is 17.2. The van der Waals surface area contributed by atoms with Crippen LogP contribution in [0.2, 0.25) is 5.02 Å². The average molecular weight is 372 g/mol. The minimum Gasteiger partial charge on any atom is -0.334 e. The van der Waals surface area contributed by atoms with E-state index in [-0.39, 0.29) is 11.9 Å². The van der Waals surface area contributed by atoms with Gasteiger partial charge in [0.2, 0.25) is 0 Å². The first kappa shape index (κ1) is 16.4. The lowest BCUT2D eigenvalue weighted by molar-refractivity contribution is 0.0730. The zero-order valence-electron chi connectivity index (χ0n) is 13.6. The van der Waals surface area contributed by atoms with Crippen LogP contribution in [0.4, 0.5) is 0 Å². The van der Waals surface area contributed by atoms with E-state index in [2.05, 4.69) is 10.2 Å². The molecule has 0 spiro atoms. The predicted molar refractivity (Wildman–Crippen MR) is 101 cm³/mol. The molecular weight excluding hydrogens is 354 g/mol. The molecule has 4 nitrogen and oxygen atoms in total. The lowest BCUT2D eigenvalue weighted by Crippen LogP contribution is -2.37. The molecule has 1 fully saturated rings. The Bertz CT molecular complexity index is 874. The molecule has 0 aliphatic carbocycles. The molecule has 4 rings (SSSR count). The van der Waals surface area contributed by atoms with Crippen LogP contribution in [-0.4, -0.2) is 33.6 Å². The second kappa shape index (κ2) is 7.02. The van der Waals surface area contributed by atoms with Crippen molar-refractivity contribution < 1.29 is 4.79 Å². The zero-order valence-corrected chi connectivity index (χ0v) is 15.2. The summed E-state index contributed by atoms with van der Waals surface area (Å²) in [4.78, 5) is 16.0. The number of hydrogen-bond donors (Lipinski definition) is 1. The third kappa shape index (κ3) is 3.34. The molecule has 1 saturated heterocycles. The van der Waals surface area contributed by atoms with E-state index in [0.717, 1.165) is 47.0 Å². The summed E-state index contributed by atoms with van der Waals surface area (Å²) in [7, 11) is 0. The molecule has 1 N–H and O–H groups in total. The number of likely N-dealkylation sites (tertiary alicyclic amines) is 1. The van der Waals surface area contributed by atoms with Crippen molar-refractivity contribution in [3.8, 4) is 10.6 Å². The number of rotatable bonds is 4. The van der Waals surface area contributed by atoms with Crippen LogP contribution in [0.1, 0.15) is 28.9 Å². The molecule has 1 unspecified atom stereocenters. The Morgan fingerprint density at radius 1 is 1.32 bits per heavy atom. The quantitative estimate of drug-likeness (QED) is 0.726. The van der Waals surface area contributed by atoms with E-state index < -0.39 is 0 Å². The summed E-state index contributed by atoms with van der Waals surface area (Å²) in [6, 6.07) is 13.9. The number of carbonyl (C=O) groups is 1. The Kier molecular flexibility index (Phi) is 4.59. The summed E-state index contributed by atoms with van der Waals surface area (Å²) in [5.74, 6) is -0.00592. The molecule has 1 aromatic carbocycles. The van der Waals surface area contributed by atoms with Crippen LogP contribution in [0.25, 0.3) is 10.6 Å². The molecule has 1 aliphatic rings. The van der Waals surface area contributed by atoms with Crippen LogP contribution < -0.4 is 0 Å². The summed E-state index contributed by atoms with van der Waals surface area (Å²) in [5, 5.41) is 10.00. The lowest BCUT2D eigenvalue weighted by Gasteiger charge is -2.24. The van der Waals surface area contributed by atoms with E-state index in [1.54, 1.807) is 11.3 Å². The van der Waals surface area contributed by atoms with Gasteiger partial charge in [0.15, 0.2) is 5.69 Å². The Morgan fingerprint density at radius 2 is 2.20 bits per heavy atom. The first-order chi connectivity index (χ1) is 12.2. The van der Waals surface area contributed by atoms with Gasteiger partial charge < -0.3 is 4.90 Å². The minimum absolute atomic E-state index is 0.00592. The smallest absolute Gasteiger partial charge is 0.274 e. The maximum atomic E-state index is 12.9. The van der Waals surface area contributed by atoms with Crippen molar-refractivity contribution in [2.45, 2.75) is 25.3 Å². The number of H-pyrrole nitrogens is 1. The molecule has 25 heavy (non-hydrogen) atoms. The Labute approximate surface area is 155 Å². The maximum absolute atomic E-state index is 12.9. The van der Waals surface area contributed by atoms with Crippen LogP contribution in [0.3, 0.4) is 0 Å². The third-order valence-electron chi connectivity index (χ3n) is 4.63. The third-order valence-corrected chi connectivity index (χ3v) is 5.91. The van der Waals surface area contributed by atoms with Crippen molar-refractivity contribution >= 4 is 28.8 Å². The summed E-state index contributed by atoms with van der Waals surface area (Å²) in [6.07, 6.45) is 2.80. The number of nitrogens with zero attached hydrogens (tertiary/aromatic N) is 2. The fourth-order valence-electron chi connectivity index (χ4n) is 3.37. The molecule has 3 aromatic rings. The Balaban J connectivity index is 1.52. The van der Waals surface area contributed by atoms with E-state index in [1.807, 2.05) is 52.7 Å². The van der Waals surface area contributed by atoms with Crippen LogP contribution in [-0.2, 0) is 6.42 Å². The van der Waals surface area contributed by atoms with Gasteiger partial charge in [-0.1, -0.05) is 35.9 Å². The number of carbonyl (C=O) groups excluding carboxylic acids is 1. The fourth-order valence-corrected chi connectivity index (χ4v) is 4.27. The lowest BCUT2D eigenvalue weighted by atomic mass is 10.0. The largest absolute Gasteiger partial charge is 0.334 e. The van der Waals surface area contributed by atoms with Crippen LogP contribution in [0, 0.1) is 0 Å². The van der Waals surface area contributed by atoms with Crippen molar-refractivity contribution in [1.29, 1.82) is 0 Å². The second-order valence-corrected chi connectivity index (χ2v) is 7.59. The highest BCUT2D eigenvalue weighted by molar-refractivity contribution is 7.13. The van der Waals surface area contributed by atoms with Gasteiger partial charge in [0, 0.05) is 17.6 Å². The summed E-state index contributed by atoms with van der Waals surface area (Å²) >= 11 is 7.91. The fraction of sp³-hybridized carbons (Fsp3) is 0.263. The van der Waals surface area contributed by atoms with Crippen LogP contribution >= 0.6 is 22.9 Å². The summed E-state index contributed by atoms with van der Waals surface area (Å²) < 4.78 is 0. The number of nitrogens with one attached hydrogen (secondary N) is 1. The van der Waals surface area contributed by atoms with Crippen LogP contribution in [0.15, 0.2) is 47.8 Å². The summed E-state index contributed by atoms with van der Waals surface area (Å²) in [5.41, 5.74) is 2.46. The van der Waals surface area contributed by atoms with E-state index in [1.165, 1.54) is 0 Å². The van der Waals surface area contributed by atoms with E-state index in [4.69, 9.17) is 11.6 Å². The van der Waals surface area contributed by atoms with Gasteiger partial charge in [0.25, 0.3) is 5.91 Å². The number of aromatic amines is 1. The van der Waals surface area contributed by atoms with Crippen molar-refractivity contribution in [2.24, 2.45) is 0 Å². The molecule has 6 heteroatoms.